The summed E-state index contributed by atoms with van der Waals surface area (Å²) in [5.41, 5.74) is 3.19. The van der Waals surface area contributed by atoms with E-state index in [0.717, 1.165) is 26.6 Å². The maximum atomic E-state index is 12.5. The number of pyridine rings is 1. The van der Waals surface area contributed by atoms with E-state index in [1.807, 2.05) is 37.3 Å². The molecule has 3 aromatic heterocycles. The number of anilines is 1. The molecule has 1 N–H and O–H groups in total. The van der Waals surface area contributed by atoms with Crippen molar-refractivity contribution in [2.75, 3.05) is 5.32 Å². The minimum absolute atomic E-state index is 0.162. The van der Waals surface area contributed by atoms with Crippen LogP contribution in [0.3, 0.4) is 0 Å². The first-order valence-electron chi connectivity index (χ1n) is 8.14. The number of nitrogens with one attached hydrogen (secondary N) is 1. The smallest absolute Gasteiger partial charge is 0.256 e. The number of aromatic nitrogens is 2. The van der Waals surface area contributed by atoms with Crippen LogP contribution in [0, 0.1) is 6.92 Å². The van der Waals surface area contributed by atoms with Crippen LogP contribution in [0.1, 0.15) is 15.9 Å². The van der Waals surface area contributed by atoms with E-state index in [1.54, 1.807) is 30.7 Å². The predicted octanol–water partition coefficient (Wildman–Crippen LogP) is 5.68. The molecule has 7 heteroatoms. The predicted molar refractivity (Wildman–Crippen MR) is 107 cm³/mol. The average Bonchev–Trinajstić information content (AvgIpc) is 3.34. The van der Waals surface area contributed by atoms with Crippen molar-refractivity contribution in [3.63, 3.8) is 0 Å². The third-order valence-corrected chi connectivity index (χ3v) is 5.43. The lowest BCUT2D eigenvalue weighted by atomic mass is 10.1. The molecular weight excluding hydrogens is 382 g/mol. The summed E-state index contributed by atoms with van der Waals surface area (Å²) in [5, 5.41) is 8.04. The van der Waals surface area contributed by atoms with Crippen LogP contribution < -0.4 is 5.32 Å². The fraction of sp³-hybridized carbons (Fsp3) is 0.0500. The Kier molecular flexibility index (Phi) is 4.75. The molecule has 4 rings (SSSR count). The number of hydrogen-bond acceptors (Lipinski definition) is 5. The zero-order valence-electron chi connectivity index (χ0n) is 14.3. The first-order chi connectivity index (χ1) is 13.1. The Hall–Kier alpha value is -2.96. The summed E-state index contributed by atoms with van der Waals surface area (Å²) < 4.78 is 5.22. The highest BCUT2D eigenvalue weighted by Gasteiger charge is 2.13. The molecule has 27 heavy (non-hydrogen) atoms. The van der Waals surface area contributed by atoms with Gasteiger partial charge in [-0.15, -0.1) is 11.3 Å². The molecule has 0 atom stereocenters. The fourth-order valence-electron chi connectivity index (χ4n) is 2.69. The van der Waals surface area contributed by atoms with Crippen molar-refractivity contribution in [1.29, 1.82) is 0 Å². The van der Waals surface area contributed by atoms with Gasteiger partial charge in [0.15, 0.2) is 5.76 Å². The summed E-state index contributed by atoms with van der Waals surface area (Å²) in [6.45, 7) is 1.86. The summed E-state index contributed by atoms with van der Waals surface area (Å²) in [5.74, 6) is 0.510. The summed E-state index contributed by atoms with van der Waals surface area (Å²) >= 11 is 7.85. The lowest BCUT2D eigenvalue weighted by Crippen LogP contribution is -2.12. The van der Waals surface area contributed by atoms with Crippen LogP contribution >= 0.6 is 22.9 Å². The minimum atomic E-state index is -0.162. The molecule has 0 saturated heterocycles. The number of amides is 1. The van der Waals surface area contributed by atoms with E-state index in [2.05, 4.69) is 15.5 Å². The van der Waals surface area contributed by atoms with E-state index in [9.17, 15) is 4.79 Å². The maximum Gasteiger partial charge on any atom is 0.256 e. The average molecular weight is 396 g/mol. The lowest BCUT2D eigenvalue weighted by molar-refractivity contribution is 0.102. The van der Waals surface area contributed by atoms with Gasteiger partial charge < -0.3 is 9.84 Å². The highest BCUT2D eigenvalue weighted by Crippen LogP contribution is 2.38. The van der Waals surface area contributed by atoms with E-state index >= 15 is 0 Å². The molecule has 0 aliphatic carbocycles. The second-order valence-electron chi connectivity index (χ2n) is 5.88. The van der Waals surface area contributed by atoms with Crippen molar-refractivity contribution in [2.45, 2.75) is 6.92 Å². The molecule has 5 nitrogen and oxygen atoms in total. The van der Waals surface area contributed by atoms with Gasteiger partial charge in [0.25, 0.3) is 5.91 Å². The second kappa shape index (κ2) is 7.34. The van der Waals surface area contributed by atoms with E-state index < -0.39 is 0 Å². The largest absolute Gasteiger partial charge is 0.356 e. The Balaban J connectivity index is 1.60. The number of rotatable bonds is 4. The van der Waals surface area contributed by atoms with Crippen molar-refractivity contribution in [3.05, 3.63) is 77.2 Å². The number of thiophene rings is 1. The number of halogens is 1. The summed E-state index contributed by atoms with van der Waals surface area (Å²) in [6, 6.07) is 13.0. The molecule has 0 aliphatic heterocycles. The maximum absolute atomic E-state index is 12.5. The highest BCUT2D eigenvalue weighted by atomic mass is 35.5. The summed E-state index contributed by atoms with van der Waals surface area (Å²) in [4.78, 5) is 17.4. The summed E-state index contributed by atoms with van der Waals surface area (Å²) in [7, 11) is 0. The molecule has 0 unspecified atom stereocenters. The van der Waals surface area contributed by atoms with Crippen molar-refractivity contribution in [1.82, 2.24) is 10.1 Å². The number of carbonyl (C=O) groups is 1. The normalized spacial score (nSPS) is 10.7. The molecular formula is C20H14ClN3O2S. The van der Waals surface area contributed by atoms with Gasteiger partial charge in [0, 0.05) is 45.1 Å². The minimum Gasteiger partial charge on any atom is -0.356 e. The van der Waals surface area contributed by atoms with E-state index in [4.69, 9.17) is 16.1 Å². The highest BCUT2D eigenvalue weighted by molar-refractivity contribution is 7.19. The van der Waals surface area contributed by atoms with Crippen LogP contribution in [0.4, 0.5) is 5.00 Å². The molecule has 0 fully saturated rings. The summed E-state index contributed by atoms with van der Waals surface area (Å²) in [6.07, 6.45) is 4.88. The third-order valence-electron chi connectivity index (χ3n) is 4.06. The van der Waals surface area contributed by atoms with Gasteiger partial charge in [-0.25, -0.2) is 0 Å². The second-order valence-corrected chi connectivity index (χ2v) is 7.37. The number of carbonyl (C=O) groups excluding carboxylic acids is 1. The molecule has 0 radical (unpaired) electrons. The van der Waals surface area contributed by atoms with Gasteiger partial charge in [-0.05, 0) is 48.9 Å². The topological polar surface area (TPSA) is 68.0 Å². The third kappa shape index (κ3) is 3.63. The molecule has 0 bridgehead atoms. The van der Waals surface area contributed by atoms with Crippen LogP contribution in [0.25, 0.3) is 21.8 Å². The molecule has 0 spiro atoms. The van der Waals surface area contributed by atoms with Crippen molar-refractivity contribution >= 4 is 33.8 Å². The van der Waals surface area contributed by atoms with Crippen molar-refractivity contribution < 1.29 is 9.32 Å². The van der Waals surface area contributed by atoms with Gasteiger partial charge in [0.2, 0.25) is 0 Å². The van der Waals surface area contributed by atoms with Gasteiger partial charge in [-0.2, -0.15) is 0 Å². The van der Waals surface area contributed by atoms with E-state index in [-0.39, 0.29) is 5.91 Å². The number of aryl methyl sites for hydroxylation is 1. The van der Waals surface area contributed by atoms with Crippen LogP contribution in [0.15, 0.2) is 65.6 Å². The quantitative estimate of drug-likeness (QED) is 0.482. The van der Waals surface area contributed by atoms with Crippen LogP contribution in [-0.2, 0) is 0 Å². The van der Waals surface area contributed by atoms with Gasteiger partial charge in [0.1, 0.15) is 0 Å². The van der Waals surface area contributed by atoms with Gasteiger partial charge >= 0.3 is 0 Å². The van der Waals surface area contributed by atoms with Gasteiger partial charge in [-0.3, -0.25) is 9.78 Å². The standard InChI is InChI=1S/C20H14ClN3O2S/c1-12-11-22-8-6-14(12)20(25)24-19-5-4-18(27-19)15-10-13(2-3-16(15)21)17-7-9-23-26-17/h2-11H,1H3,(H,24,25). The SMILES string of the molecule is Cc1cnccc1C(=O)Nc1ccc(-c2cc(-c3ccno3)ccc2Cl)s1. The zero-order valence-corrected chi connectivity index (χ0v) is 15.8. The van der Waals surface area contributed by atoms with Crippen molar-refractivity contribution in [2.24, 2.45) is 0 Å². The monoisotopic (exact) mass is 395 g/mol. The van der Waals surface area contributed by atoms with E-state index in [0.29, 0.717) is 16.3 Å². The lowest BCUT2D eigenvalue weighted by Gasteiger charge is -2.06. The number of benzene rings is 1. The van der Waals surface area contributed by atoms with Gasteiger partial charge in [-0.1, -0.05) is 16.8 Å². The number of hydrogen-bond donors (Lipinski definition) is 1. The molecule has 1 aromatic carbocycles. The Bertz CT molecular complexity index is 1110. The van der Waals surface area contributed by atoms with Crippen LogP contribution in [-0.4, -0.2) is 16.0 Å². The van der Waals surface area contributed by atoms with Crippen molar-refractivity contribution in [3.8, 4) is 21.8 Å². The first kappa shape index (κ1) is 17.5. The van der Waals surface area contributed by atoms with Gasteiger partial charge in [0.05, 0.1) is 11.2 Å². The molecule has 0 saturated carbocycles. The van der Waals surface area contributed by atoms with E-state index in [1.165, 1.54) is 11.3 Å². The van der Waals surface area contributed by atoms with Crippen LogP contribution in [0.5, 0.6) is 0 Å². The Morgan fingerprint density at radius 2 is 2.04 bits per heavy atom. The molecule has 134 valence electrons. The Morgan fingerprint density at radius 3 is 2.81 bits per heavy atom. The molecule has 1 amide bonds. The Labute approximate surface area is 164 Å². The zero-order chi connectivity index (χ0) is 18.8. The molecule has 4 aromatic rings. The number of nitrogens with zero attached hydrogens (tertiary/aromatic N) is 2. The first-order valence-corrected chi connectivity index (χ1v) is 9.34. The Morgan fingerprint density at radius 1 is 1.15 bits per heavy atom. The molecule has 0 aliphatic rings. The molecule has 3 heterocycles. The fourth-order valence-corrected chi connectivity index (χ4v) is 3.90. The van der Waals surface area contributed by atoms with Crippen LogP contribution in [0.2, 0.25) is 5.02 Å².